The van der Waals surface area contributed by atoms with Gasteiger partial charge in [0.15, 0.2) is 0 Å². The molecule has 3 aromatic carbocycles. The molecule has 0 N–H and O–H groups in total. The van der Waals surface area contributed by atoms with E-state index in [1.165, 1.54) is 0 Å². The first-order chi connectivity index (χ1) is 10.8. The van der Waals surface area contributed by atoms with Gasteiger partial charge in [-0.3, -0.25) is 0 Å². The molecule has 22 heavy (non-hydrogen) atoms. The van der Waals surface area contributed by atoms with Gasteiger partial charge in [0.2, 0.25) is 0 Å². The van der Waals surface area contributed by atoms with Crippen molar-refractivity contribution in [3.8, 4) is 5.75 Å². The molecule has 1 nitrogen and oxygen atoms in total. The molecule has 0 radical (unpaired) electrons. The van der Waals surface area contributed by atoms with Gasteiger partial charge in [0, 0.05) is 14.8 Å². The summed E-state index contributed by atoms with van der Waals surface area (Å²) in [6.07, 6.45) is 0. The molecular weight excluding hydrogens is 312 g/mol. The molecule has 0 saturated carbocycles. The van der Waals surface area contributed by atoms with Crippen molar-refractivity contribution in [3.05, 3.63) is 89.4 Å². The van der Waals surface area contributed by atoms with Crippen LogP contribution in [0.15, 0.2) is 88.7 Å². The van der Waals surface area contributed by atoms with Crippen LogP contribution in [0, 0.1) is 0 Å². The van der Waals surface area contributed by atoms with Crippen molar-refractivity contribution in [2.45, 2.75) is 16.4 Å². The van der Waals surface area contributed by atoms with Crippen LogP contribution in [0.1, 0.15) is 5.56 Å². The minimum absolute atomic E-state index is 0.576. The number of benzene rings is 3. The zero-order chi connectivity index (χ0) is 15.2. The van der Waals surface area contributed by atoms with Crippen molar-refractivity contribution in [2.24, 2.45) is 0 Å². The van der Waals surface area contributed by atoms with Gasteiger partial charge in [0.05, 0.1) is 0 Å². The molecule has 0 aliphatic heterocycles. The highest BCUT2D eigenvalue weighted by Crippen LogP contribution is 2.31. The highest BCUT2D eigenvalue weighted by Gasteiger charge is 2.01. The molecule has 0 unspecified atom stereocenters. The molecule has 0 aromatic heterocycles. The van der Waals surface area contributed by atoms with Gasteiger partial charge < -0.3 is 4.74 Å². The molecular formula is C19H15ClOS. The summed E-state index contributed by atoms with van der Waals surface area (Å²) in [5.41, 5.74) is 1.16. The molecule has 0 aliphatic rings. The number of ether oxygens (including phenoxy) is 1. The molecule has 3 rings (SSSR count). The van der Waals surface area contributed by atoms with Crippen molar-refractivity contribution in [1.29, 1.82) is 0 Å². The van der Waals surface area contributed by atoms with E-state index >= 15 is 0 Å². The third-order valence-corrected chi connectivity index (χ3v) is 4.30. The van der Waals surface area contributed by atoms with Gasteiger partial charge in [0.1, 0.15) is 12.4 Å². The van der Waals surface area contributed by atoms with E-state index in [2.05, 4.69) is 24.3 Å². The Morgan fingerprint density at radius 1 is 0.773 bits per heavy atom. The highest BCUT2D eigenvalue weighted by molar-refractivity contribution is 7.99. The van der Waals surface area contributed by atoms with Crippen molar-refractivity contribution >= 4 is 23.4 Å². The number of rotatable bonds is 5. The monoisotopic (exact) mass is 326 g/mol. The summed E-state index contributed by atoms with van der Waals surface area (Å²) in [5.74, 6) is 0.871. The Kier molecular flexibility index (Phi) is 5.04. The van der Waals surface area contributed by atoms with Crippen LogP contribution in [0.2, 0.25) is 5.02 Å². The van der Waals surface area contributed by atoms with E-state index in [1.807, 2.05) is 54.6 Å². The quantitative estimate of drug-likeness (QED) is 0.562. The molecule has 3 heteroatoms. The van der Waals surface area contributed by atoms with Crippen LogP contribution in [0.4, 0.5) is 0 Å². The Balaban J connectivity index is 1.67. The van der Waals surface area contributed by atoms with Gasteiger partial charge in [-0.25, -0.2) is 0 Å². The molecule has 0 heterocycles. The Bertz CT molecular complexity index is 743. The second-order valence-electron chi connectivity index (χ2n) is 4.81. The van der Waals surface area contributed by atoms with Gasteiger partial charge in [-0.2, -0.15) is 0 Å². The number of hydrogen-bond donors (Lipinski definition) is 0. The summed E-state index contributed by atoms with van der Waals surface area (Å²) in [6, 6.07) is 26.1. The maximum Gasteiger partial charge on any atom is 0.120 e. The first-order valence-electron chi connectivity index (χ1n) is 7.00. The lowest BCUT2D eigenvalue weighted by atomic mass is 10.2. The Labute approximate surface area is 139 Å². The highest BCUT2D eigenvalue weighted by atomic mass is 35.5. The topological polar surface area (TPSA) is 9.23 Å². The van der Waals surface area contributed by atoms with Crippen molar-refractivity contribution in [1.82, 2.24) is 0 Å². The summed E-state index contributed by atoms with van der Waals surface area (Å²) >= 11 is 7.70. The van der Waals surface area contributed by atoms with Gasteiger partial charge >= 0.3 is 0 Å². The zero-order valence-electron chi connectivity index (χ0n) is 11.9. The maximum atomic E-state index is 6.02. The maximum absolute atomic E-state index is 6.02. The van der Waals surface area contributed by atoms with Gasteiger partial charge in [0.25, 0.3) is 0 Å². The van der Waals surface area contributed by atoms with Crippen LogP contribution < -0.4 is 4.74 Å². The second-order valence-corrected chi connectivity index (χ2v) is 6.39. The van der Waals surface area contributed by atoms with Crippen LogP contribution in [-0.2, 0) is 6.61 Å². The van der Waals surface area contributed by atoms with Crippen LogP contribution in [0.25, 0.3) is 0 Å². The summed E-state index contributed by atoms with van der Waals surface area (Å²) in [5, 5.41) is 0.751. The van der Waals surface area contributed by atoms with Crippen LogP contribution >= 0.6 is 23.4 Å². The van der Waals surface area contributed by atoms with Crippen molar-refractivity contribution in [3.63, 3.8) is 0 Å². The number of hydrogen-bond acceptors (Lipinski definition) is 2. The van der Waals surface area contributed by atoms with E-state index in [9.17, 15) is 0 Å². The third kappa shape index (κ3) is 4.30. The van der Waals surface area contributed by atoms with Crippen molar-refractivity contribution in [2.75, 3.05) is 0 Å². The van der Waals surface area contributed by atoms with E-state index in [0.29, 0.717) is 6.61 Å². The summed E-state index contributed by atoms with van der Waals surface area (Å²) < 4.78 is 5.85. The fourth-order valence-electron chi connectivity index (χ4n) is 2.03. The Morgan fingerprint density at radius 2 is 1.50 bits per heavy atom. The molecule has 0 bridgehead atoms. The molecule has 0 amide bonds. The lowest BCUT2D eigenvalue weighted by molar-refractivity contribution is 0.305. The minimum atomic E-state index is 0.576. The molecule has 110 valence electrons. The molecule has 0 aliphatic carbocycles. The van der Waals surface area contributed by atoms with Gasteiger partial charge in [-0.1, -0.05) is 65.8 Å². The van der Waals surface area contributed by atoms with E-state index in [4.69, 9.17) is 16.3 Å². The van der Waals surface area contributed by atoms with E-state index in [-0.39, 0.29) is 0 Å². The summed E-state index contributed by atoms with van der Waals surface area (Å²) in [4.78, 5) is 2.25. The predicted molar refractivity (Wildman–Crippen MR) is 92.8 cm³/mol. The molecule has 0 saturated heterocycles. The van der Waals surface area contributed by atoms with E-state index < -0.39 is 0 Å². The first kappa shape index (κ1) is 15.0. The predicted octanol–water partition coefficient (Wildman–Crippen LogP) is 6.07. The lowest BCUT2D eigenvalue weighted by Gasteiger charge is -2.08. The molecule has 0 fully saturated rings. The SMILES string of the molecule is Clc1cccc(Sc2cccc(OCc3ccccc3)c2)c1. The van der Waals surface area contributed by atoms with Crippen LogP contribution in [-0.4, -0.2) is 0 Å². The Morgan fingerprint density at radius 3 is 2.27 bits per heavy atom. The molecule has 0 spiro atoms. The third-order valence-electron chi connectivity index (χ3n) is 3.09. The molecule has 0 atom stereocenters. The van der Waals surface area contributed by atoms with E-state index in [1.54, 1.807) is 11.8 Å². The standard InChI is InChI=1S/C19H15ClOS/c20-16-8-4-10-18(12-16)22-19-11-5-9-17(13-19)21-14-15-6-2-1-3-7-15/h1-13H,14H2. The summed E-state index contributed by atoms with van der Waals surface area (Å²) in [7, 11) is 0. The van der Waals surface area contributed by atoms with Crippen molar-refractivity contribution < 1.29 is 4.74 Å². The lowest BCUT2D eigenvalue weighted by Crippen LogP contribution is -1.94. The normalized spacial score (nSPS) is 10.4. The van der Waals surface area contributed by atoms with Crippen LogP contribution in [0.5, 0.6) is 5.75 Å². The second kappa shape index (κ2) is 7.39. The first-order valence-corrected chi connectivity index (χ1v) is 8.19. The largest absolute Gasteiger partial charge is 0.489 e. The Hall–Kier alpha value is -1.90. The minimum Gasteiger partial charge on any atom is -0.489 e. The van der Waals surface area contributed by atoms with Gasteiger partial charge in [-0.05, 0) is 42.0 Å². The zero-order valence-corrected chi connectivity index (χ0v) is 13.5. The average Bonchev–Trinajstić information content (AvgIpc) is 2.54. The summed E-state index contributed by atoms with van der Waals surface area (Å²) in [6.45, 7) is 0.576. The fourth-order valence-corrected chi connectivity index (χ4v) is 3.22. The number of halogens is 1. The fraction of sp³-hybridized carbons (Fsp3) is 0.0526. The average molecular weight is 327 g/mol. The molecule has 3 aromatic rings. The van der Waals surface area contributed by atoms with E-state index in [0.717, 1.165) is 26.1 Å². The van der Waals surface area contributed by atoms with Gasteiger partial charge in [-0.15, -0.1) is 0 Å². The van der Waals surface area contributed by atoms with Crippen LogP contribution in [0.3, 0.4) is 0 Å². The smallest absolute Gasteiger partial charge is 0.120 e.